The molecule has 0 bridgehead atoms. The van der Waals surface area contributed by atoms with E-state index >= 15 is 0 Å². The van der Waals surface area contributed by atoms with Crippen molar-refractivity contribution in [2.45, 2.75) is 19.9 Å². The quantitative estimate of drug-likeness (QED) is 0.918. The highest BCUT2D eigenvalue weighted by Crippen LogP contribution is 2.18. The summed E-state index contributed by atoms with van der Waals surface area (Å²) in [5.74, 6) is -0.121. The number of aryl methyl sites for hydroxylation is 1. The van der Waals surface area contributed by atoms with Crippen LogP contribution in [-0.4, -0.2) is 30.6 Å². The molecule has 0 saturated heterocycles. The first-order chi connectivity index (χ1) is 10.1. The molecule has 0 fully saturated rings. The van der Waals surface area contributed by atoms with Gasteiger partial charge in [-0.05, 0) is 26.0 Å². The third-order valence-corrected chi connectivity index (χ3v) is 3.19. The molecule has 1 amide bonds. The summed E-state index contributed by atoms with van der Waals surface area (Å²) in [6.45, 7) is 4.24. The zero-order chi connectivity index (χ0) is 15.2. The molecular weight excluding hydrogens is 264 g/mol. The minimum absolute atomic E-state index is 0.0318. The molecule has 0 saturated carbocycles. The Morgan fingerprint density at radius 3 is 2.57 bits per heavy atom. The second-order valence-electron chi connectivity index (χ2n) is 5.03. The Hall–Kier alpha value is -2.20. The van der Waals surface area contributed by atoms with Gasteiger partial charge in [-0.1, -0.05) is 30.3 Å². The number of amides is 1. The SMILES string of the molecule is COCC(C)NC(=O)c1ccc(-c2ccccc2)nc1C. The molecule has 0 radical (unpaired) electrons. The van der Waals surface area contributed by atoms with E-state index in [1.54, 1.807) is 7.11 Å². The first kappa shape index (κ1) is 15.2. The molecule has 2 rings (SSSR count). The Labute approximate surface area is 125 Å². The van der Waals surface area contributed by atoms with Crippen LogP contribution in [0.4, 0.5) is 0 Å². The van der Waals surface area contributed by atoms with Crippen LogP contribution in [0, 0.1) is 6.92 Å². The van der Waals surface area contributed by atoms with E-state index in [9.17, 15) is 4.79 Å². The number of carbonyl (C=O) groups is 1. The van der Waals surface area contributed by atoms with Gasteiger partial charge in [-0.3, -0.25) is 9.78 Å². The predicted molar refractivity (Wildman–Crippen MR) is 83.2 cm³/mol. The van der Waals surface area contributed by atoms with Crippen molar-refractivity contribution in [2.24, 2.45) is 0 Å². The summed E-state index contributed by atoms with van der Waals surface area (Å²) < 4.78 is 5.02. The molecule has 1 atom stereocenters. The lowest BCUT2D eigenvalue weighted by molar-refractivity contribution is 0.0904. The fourth-order valence-corrected chi connectivity index (χ4v) is 2.16. The van der Waals surface area contributed by atoms with E-state index in [2.05, 4.69) is 10.3 Å². The van der Waals surface area contributed by atoms with Crippen molar-refractivity contribution >= 4 is 5.91 Å². The van der Waals surface area contributed by atoms with Crippen molar-refractivity contribution in [1.29, 1.82) is 0 Å². The van der Waals surface area contributed by atoms with Gasteiger partial charge in [0.25, 0.3) is 5.91 Å². The maximum Gasteiger partial charge on any atom is 0.253 e. The number of ether oxygens (including phenoxy) is 1. The smallest absolute Gasteiger partial charge is 0.253 e. The second kappa shape index (κ2) is 6.99. The first-order valence-electron chi connectivity index (χ1n) is 6.94. The van der Waals surface area contributed by atoms with Gasteiger partial charge in [0.15, 0.2) is 0 Å². The minimum atomic E-state index is -0.121. The number of methoxy groups -OCH3 is 1. The highest BCUT2D eigenvalue weighted by Gasteiger charge is 2.13. The van der Waals surface area contributed by atoms with Gasteiger partial charge < -0.3 is 10.1 Å². The van der Waals surface area contributed by atoms with Crippen LogP contribution in [0.15, 0.2) is 42.5 Å². The van der Waals surface area contributed by atoms with Crippen LogP contribution in [0.3, 0.4) is 0 Å². The Kier molecular flexibility index (Phi) is 5.06. The Morgan fingerprint density at radius 1 is 1.24 bits per heavy atom. The molecule has 1 heterocycles. The second-order valence-corrected chi connectivity index (χ2v) is 5.03. The Bertz CT molecular complexity index is 611. The molecule has 110 valence electrons. The third-order valence-electron chi connectivity index (χ3n) is 3.19. The van der Waals surface area contributed by atoms with Crippen LogP contribution < -0.4 is 5.32 Å². The van der Waals surface area contributed by atoms with Crippen LogP contribution in [0.25, 0.3) is 11.3 Å². The number of benzene rings is 1. The maximum absolute atomic E-state index is 12.2. The number of pyridine rings is 1. The van der Waals surface area contributed by atoms with Crippen LogP contribution >= 0.6 is 0 Å². The zero-order valence-electron chi connectivity index (χ0n) is 12.6. The number of hydrogen-bond donors (Lipinski definition) is 1. The predicted octanol–water partition coefficient (Wildman–Crippen LogP) is 2.82. The van der Waals surface area contributed by atoms with E-state index in [0.717, 1.165) is 17.0 Å². The lowest BCUT2D eigenvalue weighted by Gasteiger charge is -2.14. The van der Waals surface area contributed by atoms with Gasteiger partial charge in [0.2, 0.25) is 0 Å². The van der Waals surface area contributed by atoms with Gasteiger partial charge in [0.1, 0.15) is 0 Å². The fraction of sp³-hybridized carbons (Fsp3) is 0.294. The molecule has 0 aliphatic carbocycles. The largest absolute Gasteiger partial charge is 0.383 e. The van der Waals surface area contributed by atoms with Crippen LogP contribution in [0.2, 0.25) is 0 Å². The third kappa shape index (κ3) is 3.89. The van der Waals surface area contributed by atoms with Gasteiger partial charge in [-0.2, -0.15) is 0 Å². The topological polar surface area (TPSA) is 51.2 Å². The number of aromatic nitrogens is 1. The molecule has 0 spiro atoms. The molecule has 4 heteroatoms. The van der Waals surface area contributed by atoms with Crippen molar-refractivity contribution in [3.8, 4) is 11.3 Å². The van der Waals surface area contributed by atoms with Crippen molar-refractivity contribution in [1.82, 2.24) is 10.3 Å². The highest BCUT2D eigenvalue weighted by atomic mass is 16.5. The summed E-state index contributed by atoms with van der Waals surface area (Å²) in [6, 6.07) is 13.6. The summed E-state index contributed by atoms with van der Waals surface area (Å²) in [4.78, 5) is 16.7. The average Bonchev–Trinajstić information content (AvgIpc) is 2.48. The standard InChI is InChI=1S/C17H20N2O2/c1-12(11-21-3)18-17(20)15-9-10-16(19-13(15)2)14-7-5-4-6-8-14/h4-10,12H,11H2,1-3H3,(H,18,20). The molecule has 1 aromatic heterocycles. The van der Waals surface area contributed by atoms with E-state index in [-0.39, 0.29) is 11.9 Å². The highest BCUT2D eigenvalue weighted by molar-refractivity contribution is 5.95. The van der Waals surface area contributed by atoms with Gasteiger partial charge >= 0.3 is 0 Å². The number of nitrogens with zero attached hydrogens (tertiary/aromatic N) is 1. The average molecular weight is 284 g/mol. The Balaban J connectivity index is 2.18. The van der Waals surface area contributed by atoms with Crippen molar-refractivity contribution in [2.75, 3.05) is 13.7 Å². The molecular formula is C17H20N2O2. The minimum Gasteiger partial charge on any atom is -0.383 e. The van der Waals surface area contributed by atoms with E-state index in [1.807, 2.05) is 56.3 Å². The monoisotopic (exact) mass is 284 g/mol. The molecule has 2 aromatic rings. The summed E-state index contributed by atoms with van der Waals surface area (Å²) in [6.07, 6.45) is 0. The van der Waals surface area contributed by atoms with Gasteiger partial charge in [0, 0.05) is 18.7 Å². The first-order valence-corrected chi connectivity index (χ1v) is 6.94. The van der Waals surface area contributed by atoms with Crippen LogP contribution in [0.5, 0.6) is 0 Å². The molecule has 4 nitrogen and oxygen atoms in total. The lowest BCUT2D eigenvalue weighted by Crippen LogP contribution is -2.36. The number of hydrogen-bond acceptors (Lipinski definition) is 3. The molecule has 1 unspecified atom stereocenters. The lowest BCUT2D eigenvalue weighted by atomic mass is 10.1. The van der Waals surface area contributed by atoms with E-state index in [1.165, 1.54) is 0 Å². The number of carbonyl (C=O) groups excluding carboxylic acids is 1. The van der Waals surface area contributed by atoms with Gasteiger partial charge in [0.05, 0.1) is 23.6 Å². The van der Waals surface area contributed by atoms with Crippen molar-refractivity contribution in [3.63, 3.8) is 0 Å². The van der Waals surface area contributed by atoms with Crippen LogP contribution in [-0.2, 0) is 4.74 Å². The molecule has 21 heavy (non-hydrogen) atoms. The number of rotatable bonds is 5. The van der Waals surface area contributed by atoms with Crippen LogP contribution in [0.1, 0.15) is 23.0 Å². The van der Waals surface area contributed by atoms with E-state index < -0.39 is 0 Å². The summed E-state index contributed by atoms with van der Waals surface area (Å²) >= 11 is 0. The molecule has 1 aromatic carbocycles. The fourth-order valence-electron chi connectivity index (χ4n) is 2.16. The zero-order valence-corrected chi connectivity index (χ0v) is 12.6. The summed E-state index contributed by atoms with van der Waals surface area (Å²) in [5.41, 5.74) is 3.23. The molecule has 0 aliphatic rings. The van der Waals surface area contributed by atoms with Gasteiger partial charge in [-0.25, -0.2) is 0 Å². The van der Waals surface area contributed by atoms with E-state index in [0.29, 0.717) is 12.2 Å². The normalized spacial score (nSPS) is 12.0. The number of nitrogens with one attached hydrogen (secondary N) is 1. The van der Waals surface area contributed by atoms with Crippen molar-refractivity contribution < 1.29 is 9.53 Å². The summed E-state index contributed by atoms with van der Waals surface area (Å²) in [5, 5.41) is 2.89. The van der Waals surface area contributed by atoms with Crippen molar-refractivity contribution in [3.05, 3.63) is 53.7 Å². The Morgan fingerprint density at radius 2 is 1.95 bits per heavy atom. The molecule has 0 aliphatic heterocycles. The molecule has 1 N–H and O–H groups in total. The summed E-state index contributed by atoms with van der Waals surface area (Å²) in [7, 11) is 1.62. The maximum atomic E-state index is 12.2. The van der Waals surface area contributed by atoms with E-state index in [4.69, 9.17) is 4.74 Å². The van der Waals surface area contributed by atoms with Gasteiger partial charge in [-0.15, -0.1) is 0 Å².